The van der Waals surface area contributed by atoms with Crippen molar-refractivity contribution in [2.75, 3.05) is 0 Å². The molecule has 1 N–H and O–H groups in total. The molecular formula is C11H15F2N. The van der Waals surface area contributed by atoms with Crippen LogP contribution in [0.3, 0.4) is 0 Å². The first kappa shape index (κ1) is 11.1. The van der Waals surface area contributed by atoms with Gasteiger partial charge in [0.1, 0.15) is 11.6 Å². The second-order valence-electron chi connectivity index (χ2n) is 3.43. The van der Waals surface area contributed by atoms with Crippen molar-refractivity contribution in [1.82, 2.24) is 5.32 Å². The number of hydrogen-bond acceptors (Lipinski definition) is 1. The zero-order chi connectivity index (χ0) is 10.6. The summed E-state index contributed by atoms with van der Waals surface area (Å²) in [5, 5.41) is 3.15. The van der Waals surface area contributed by atoms with Crippen molar-refractivity contribution in [2.24, 2.45) is 0 Å². The highest BCUT2D eigenvalue weighted by Crippen LogP contribution is 2.09. The van der Waals surface area contributed by atoms with E-state index < -0.39 is 11.6 Å². The van der Waals surface area contributed by atoms with Crippen LogP contribution in [0.5, 0.6) is 0 Å². The zero-order valence-electron chi connectivity index (χ0n) is 8.48. The summed E-state index contributed by atoms with van der Waals surface area (Å²) in [5.74, 6) is -1.02. The van der Waals surface area contributed by atoms with Crippen LogP contribution in [0, 0.1) is 11.6 Å². The van der Waals surface area contributed by atoms with Gasteiger partial charge in [-0.25, -0.2) is 8.78 Å². The van der Waals surface area contributed by atoms with Crippen molar-refractivity contribution < 1.29 is 8.78 Å². The van der Waals surface area contributed by atoms with Crippen LogP contribution >= 0.6 is 0 Å². The van der Waals surface area contributed by atoms with E-state index in [0.29, 0.717) is 18.2 Å². The van der Waals surface area contributed by atoms with Crippen LogP contribution in [0.1, 0.15) is 25.8 Å². The molecule has 0 bridgehead atoms. The highest BCUT2D eigenvalue weighted by Gasteiger charge is 2.04. The van der Waals surface area contributed by atoms with E-state index in [1.165, 1.54) is 12.1 Å². The van der Waals surface area contributed by atoms with Crippen LogP contribution < -0.4 is 5.32 Å². The molecule has 0 saturated carbocycles. The van der Waals surface area contributed by atoms with Gasteiger partial charge in [0.15, 0.2) is 0 Å². The minimum Gasteiger partial charge on any atom is -0.310 e. The van der Waals surface area contributed by atoms with Crippen LogP contribution in [0.4, 0.5) is 8.78 Å². The first-order valence-electron chi connectivity index (χ1n) is 4.80. The monoisotopic (exact) mass is 199 g/mol. The largest absolute Gasteiger partial charge is 0.310 e. The summed E-state index contributed by atoms with van der Waals surface area (Å²) in [6, 6.07) is 4.00. The van der Waals surface area contributed by atoms with Crippen LogP contribution in [0.2, 0.25) is 0 Å². The summed E-state index contributed by atoms with van der Waals surface area (Å²) in [5.41, 5.74) is 0.506. The molecule has 0 aromatic heterocycles. The topological polar surface area (TPSA) is 12.0 Å². The standard InChI is InChI=1S/C11H15F2N/c1-3-8(2)14-7-9-4-5-10(12)6-11(9)13/h4-6,8,14H,3,7H2,1-2H3. The molecule has 1 aromatic carbocycles. The smallest absolute Gasteiger partial charge is 0.130 e. The lowest BCUT2D eigenvalue weighted by Crippen LogP contribution is -2.24. The lowest BCUT2D eigenvalue weighted by molar-refractivity contribution is 0.512. The number of benzene rings is 1. The lowest BCUT2D eigenvalue weighted by atomic mass is 10.2. The van der Waals surface area contributed by atoms with E-state index in [0.717, 1.165) is 12.5 Å². The van der Waals surface area contributed by atoms with E-state index in [4.69, 9.17) is 0 Å². The van der Waals surface area contributed by atoms with Gasteiger partial charge in [-0.15, -0.1) is 0 Å². The summed E-state index contributed by atoms with van der Waals surface area (Å²) in [4.78, 5) is 0. The molecule has 0 fully saturated rings. The fraction of sp³-hybridized carbons (Fsp3) is 0.455. The van der Waals surface area contributed by atoms with E-state index in [-0.39, 0.29) is 0 Å². The average Bonchev–Trinajstić information content (AvgIpc) is 2.16. The van der Waals surface area contributed by atoms with Gasteiger partial charge in [-0.2, -0.15) is 0 Å². The highest BCUT2D eigenvalue weighted by molar-refractivity contribution is 5.18. The number of halogens is 2. The average molecular weight is 199 g/mol. The molecule has 0 radical (unpaired) electrons. The highest BCUT2D eigenvalue weighted by atomic mass is 19.1. The Morgan fingerprint density at radius 2 is 2.07 bits per heavy atom. The Morgan fingerprint density at radius 3 is 2.64 bits per heavy atom. The quantitative estimate of drug-likeness (QED) is 0.786. The van der Waals surface area contributed by atoms with Crippen LogP contribution in [0.25, 0.3) is 0 Å². The molecule has 1 aromatic rings. The van der Waals surface area contributed by atoms with E-state index in [2.05, 4.69) is 12.2 Å². The number of hydrogen-bond donors (Lipinski definition) is 1. The van der Waals surface area contributed by atoms with Crippen molar-refractivity contribution in [3.05, 3.63) is 35.4 Å². The molecule has 0 aliphatic rings. The summed E-state index contributed by atoms with van der Waals surface area (Å²) < 4.78 is 25.7. The maximum Gasteiger partial charge on any atom is 0.130 e. The predicted molar refractivity (Wildman–Crippen MR) is 53.0 cm³/mol. The van der Waals surface area contributed by atoms with Gasteiger partial charge in [-0.05, 0) is 19.4 Å². The second-order valence-corrected chi connectivity index (χ2v) is 3.43. The molecule has 0 saturated heterocycles. The van der Waals surface area contributed by atoms with Gasteiger partial charge in [-0.1, -0.05) is 13.0 Å². The number of rotatable bonds is 4. The van der Waals surface area contributed by atoms with Gasteiger partial charge in [0.2, 0.25) is 0 Å². The van der Waals surface area contributed by atoms with Crippen LogP contribution in [-0.2, 0) is 6.54 Å². The summed E-state index contributed by atoms with van der Waals surface area (Å²) in [6.07, 6.45) is 0.989. The predicted octanol–water partition coefficient (Wildman–Crippen LogP) is 2.85. The molecule has 0 spiro atoms. The van der Waals surface area contributed by atoms with E-state index in [1.807, 2.05) is 6.92 Å². The van der Waals surface area contributed by atoms with Gasteiger partial charge in [0.25, 0.3) is 0 Å². The molecule has 0 aliphatic carbocycles. The van der Waals surface area contributed by atoms with Gasteiger partial charge >= 0.3 is 0 Å². The van der Waals surface area contributed by atoms with E-state index >= 15 is 0 Å². The molecule has 3 heteroatoms. The molecule has 0 heterocycles. The minimum absolute atomic E-state index is 0.347. The van der Waals surface area contributed by atoms with Gasteiger partial charge in [-0.3, -0.25) is 0 Å². The fourth-order valence-electron chi connectivity index (χ4n) is 1.09. The first-order chi connectivity index (χ1) is 6.63. The Balaban J connectivity index is 2.59. The summed E-state index contributed by atoms with van der Waals surface area (Å²) in [6.45, 7) is 4.53. The molecule has 14 heavy (non-hydrogen) atoms. The fourth-order valence-corrected chi connectivity index (χ4v) is 1.09. The molecule has 0 aliphatic heterocycles. The van der Waals surface area contributed by atoms with Crippen molar-refractivity contribution in [3.63, 3.8) is 0 Å². The summed E-state index contributed by atoms with van der Waals surface area (Å²) >= 11 is 0. The molecule has 1 rings (SSSR count). The molecule has 1 nitrogen and oxygen atoms in total. The third-order valence-electron chi connectivity index (χ3n) is 2.27. The van der Waals surface area contributed by atoms with Crippen molar-refractivity contribution >= 4 is 0 Å². The van der Waals surface area contributed by atoms with E-state index in [1.54, 1.807) is 0 Å². The molecule has 1 unspecified atom stereocenters. The molecule has 1 atom stereocenters. The number of nitrogens with one attached hydrogen (secondary N) is 1. The van der Waals surface area contributed by atoms with Crippen molar-refractivity contribution in [3.8, 4) is 0 Å². The normalized spacial score (nSPS) is 12.9. The zero-order valence-corrected chi connectivity index (χ0v) is 8.48. The van der Waals surface area contributed by atoms with Gasteiger partial charge in [0.05, 0.1) is 0 Å². The SMILES string of the molecule is CCC(C)NCc1ccc(F)cc1F. The third-order valence-corrected chi connectivity index (χ3v) is 2.27. The maximum atomic E-state index is 13.1. The Bertz CT molecular complexity index is 299. The molecule has 78 valence electrons. The first-order valence-corrected chi connectivity index (χ1v) is 4.80. The minimum atomic E-state index is -0.533. The Labute approximate surface area is 83.1 Å². The molecular weight excluding hydrogens is 184 g/mol. The van der Waals surface area contributed by atoms with Crippen molar-refractivity contribution in [2.45, 2.75) is 32.9 Å². The van der Waals surface area contributed by atoms with Crippen LogP contribution in [0.15, 0.2) is 18.2 Å². The Kier molecular flexibility index (Phi) is 4.01. The lowest BCUT2D eigenvalue weighted by Gasteiger charge is -2.11. The Morgan fingerprint density at radius 1 is 1.36 bits per heavy atom. The van der Waals surface area contributed by atoms with E-state index in [9.17, 15) is 8.78 Å². The maximum absolute atomic E-state index is 13.1. The van der Waals surface area contributed by atoms with Crippen molar-refractivity contribution in [1.29, 1.82) is 0 Å². The van der Waals surface area contributed by atoms with Gasteiger partial charge < -0.3 is 5.32 Å². The third kappa shape index (κ3) is 3.07. The summed E-state index contributed by atoms with van der Waals surface area (Å²) in [7, 11) is 0. The molecule has 0 amide bonds. The second kappa shape index (κ2) is 5.05. The van der Waals surface area contributed by atoms with Gasteiger partial charge in [0, 0.05) is 24.2 Å². The van der Waals surface area contributed by atoms with Crippen LogP contribution in [-0.4, -0.2) is 6.04 Å². The Hall–Kier alpha value is -0.960.